The van der Waals surface area contributed by atoms with Crippen LogP contribution in [0.5, 0.6) is 5.75 Å². The Bertz CT molecular complexity index is 720. The summed E-state index contributed by atoms with van der Waals surface area (Å²) in [5.74, 6) is 0.736. The van der Waals surface area contributed by atoms with Gasteiger partial charge in [-0.3, -0.25) is 9.36 Å². The highest BCUT2D eigenvalue weighted by Crippen LogP contribution is 2.32. The SMILES string of the molecule is O=c1cc[nH]c(=O)n1Cc1cc(Cl)cc2c1OCC2. The number of halogens is 1. The Labute approximate surface area is 113 Å². The maximum absolute atomic E-state index is 11.7. The molecule has 19 heavy (non-hydrogen) atoms. The Hall–Kier alpha value is -2.01. The van der Waals surface area contributed by atoms with Gasteiger partial charge in [0.25, 0.3) is 5.56 Å². The fourth-order valence-corrected chi connectivity index (χ4v) is 2.50. The van der Waals surface area contributed by atoms with Gasteiger partial charge in [-0.2, -0.15) is 0 Å². The number of hydrogen-bond donors (Lipinski definition) is 1. The Kier molecular flexibility index (Phi) is 2.91. The number of aromatic amines is 1. The van der Waals surface area contributed by atoms with Gasteiger partial charge in [-0.1, -0.05) is 11.6 Å². The van der Waals surface area contributed by atoms with Crippen LogP contribution in [0, 0.1) is 0 Å². The number of H-pyrrole nitrogens is 1. The average molecular weight is 279 g/mol. The van der Waals surface area contributed by atoms with E-state index in [0.717, 1.165) is 27.9 Å². The third kappa shape index (κ3) is 2.17. The lowest BCUT2D eigenvalue weighted by Gasteiger charge is -2.09. The molecule has 0 amide bonds. The topological polar surface area (TPSA) is 64.1 Å². The van der Waals surface area contributed by atoms with Crippen LogP contribution in [-0.2, 0) is 13.0 Å². The van der Waals surface area contributed by atoms with E-state index in [9.17, 15) is 9.59 Å². The van der Waals surface area contributed by atoms with Crippen LogP contribution in [0.3, 0.4) is 0 Å². The van der Waals surface area contributed by atoms with Gasteiger partial charge < -0.3 is 9.72 Å². The first-order valence-electron chi connectivity index (χ1n) is 5.88. The van der Waals surface area contributed by atoms with E-state index in [-0.39, 0.29) is 12.1 Å². The summed E-state index contributed by atoms with van der Waals surface area (Å²) in [5, 5.41) is 0.583. The molecular weight excluding hydrogens is 268 g/mol. The highest BCUT2D eigenvalue weighted by atomic mass is 35.5. The summed E-state index contributed by atoms with van der Waals surface area (Å²) in [4.78, 5) is 25.8. The van der Waals surface area contributed by atoms with Crippen molar-refractivity contribution in [3.05, 3.63) is 61.4 Å². The molecule has 1 aromatic heterocycles. The zero-order chi connectivity index (χ0) is 13.4. The van der Waals surface area contributed by atoms with Crippen LogP contribution in [0.25, 0.3) is 0 Å². The van der Waals surface area contributed by atoms with Crippen molar-refractivity contribution in [3.63, 3.8) is 0 Å². The summed E-state index contributed by atoms with van der Waals surface area (Å²) in [6.07, 6.45) is 2.13. The monoisotopic (exact) mass is 278 g/mol. The Morgan fingerprint density at radius 3 is 3.00 bits per heavy atom. The minimum Gasteiger partial charge on any atom is -0.493 e. The predicted molar refractivity (Wildman–Crippen MR) is 71.1 cm³/mol. The van der Waals surface area contributed by atoms with Gasteiger partial charge in [-0.15, -0.1) is 0 Å². The zero-order valence-corrected chi connectivity index (χ0v) is 10.7. The smallest absolute Gasteiger partial charge is 0.328 e. The molecule has 2 heterocycles. The van der Waals surface area contributed by atoms with Crippen molar-refractivity contribution in [3.8, 4) is 5.75 Å². The molecule has 1 aliphatic rings. The molecule has 0 aliphatic carbocycles. The third-order valence-corrected chi connectivity index (χ3v) is 3.32. The van der Waals surface area contributed by atoms with E-state index >= 15 is 0 Å². The molecule has 0 atom stereocenters. The second-order valence-corrected chi connectivity index (χ2v) is 4.80. The van der Waals surface area contributed by atoms with Crippen LogP contribution < -0.4 is 16.0 Å². The molecule has 1 aliphatic heterocycles. The van der Waals surface area contributed by atoms with E-state index in [4.69, 9.17) is 16.3 Å². The van der Waals surface area contributed by atoms with E-state index in [0.29, 0.717) is 11.6 Å². The number of rotatable bonds is 2. The fourth-order valence-electron chi connectivity index (χ4n) is 2.24. The molecule has 0 bridgehead atoms. The summed E-state index contributed by atoms with van der Waals surface area (Å²) in [5.41, 5.74) is 0.969. The van der Waals surface area contributed by atoms with Crippen LogP contribution in [0.15, 0.2) is 34.0 Å². The largest absolute Gasteiger partial charge is 0.493 e. The molecule has 0 radical (unpaired) electrons. The van der Waals surface area contributed by atoms with Crippen LogP contribution >= 0.6 is 11.6 Å². The minimum atomic E-state index is -0.445. The Morgan fingerprint density at radius 2 is 2.21 bits per heavy atom. The summed E-state index contributed by atoms with van der Waals surface area (Å²) in [6, 6.07) is 4.89. The number of hydrogen-bond acceptors (Lipinski definition) is 3. The summed E-state index contributed by atoms with van der Waals surface area (Å²) in [7, 11) is 0. The van der Waals surface area contributed by atoms with Gasteiger partial charge in [0.2, 0.25) is 0 Å². The van der Waals surface area contributed by atoms with Crippen molar-refractivity contribution in [1.29, 1.82) is 0 Å². The van der Waals surface area contributed by atoms with Crippen molar-refractivity contribution >= 4 is 11.6 Å². The molecular formula is C13H11ClN2O3. The first-order valence-corrected chi connectivity index (χ1v) is 6.25. The molecule has 3 rings (SSSR count). The highest BCUT2D eigenvalue weighted by molar-refractivity contribution is 6.30. The van der Waals surface area contributed by atoms with Crippen molar-refractivity contribution in [2.75, 3.05) is 6.61 Å². The maximum Gasteiger partial charge on any atom is 0.328 e. The van der Waals surface area contributed by atoms with Crippen LogP contribution in [-0.4, -0.2) is 16.2 Å². The molecule has 0 saturated carbocycles. The van der Waals surface area contributed by atoms with Gasteiger partial charge in [0.15, 0.2) is 0 Å². The number of aromatic nitrogens is 2. The van der Waals surface area contributed by atoms with Crippen LogP contribution in [0.4, 0.5) is 0 Å². The average Bonchev–Trinajstić information content (AvgIpc) is 2.81. The molecule has 0 saturated heterocycles. The van der Waals surface area contributed by atoms with Crippen molar-refractivity contribution < 1.29 is 4.74 Å². The molecule has 0 fully saturated rings. The predicted octanol–water partition coefficient (Wildman–Crippen LogP) is 1.17. The van der Waals surface area contributed by atoms with Crippen LogP contribution in [0.2, 0.25) is 5.02 Å². The molecule has 1 N–H and O–H groups in total. The van der Waals surface area contributed by atoms with Gasteiger partial charge in [-0.05, 0) is 17.7 Å². The third-order valence-electron chi connectivity index (χ3n) is 3.10. The Morgan fingerprint density at radius 1 is 1.37 bits per heavy atom. The van der Waals surface area contributed by atoms with E-state index in [1.807, 2.05) is 6.07 Å². The molecule has 2 aromatic rings. The van der Waals surface area contributed by atoms with Crippen molar-refractivity contribution in [1.82, 2.24) is 9.55 Å². The molecule has 1 aromatic carbocycles. The number of benzene rings is 1. The molecule has 0 unspecified atom stereocenters. The van der Waals surface area contributed by atoms with Crippen molar-refractivity contribution in [2.24, 2.45) is 0 Å². The van der Waals surface area contributed by atoms with Crippen molar-refractivity contribution in [2.45, 2.75) is 13.0 Å². The lowest BCUT2D eigenvalue weighted by Crippen LogP contribution is -2.34. The van der Waals surface area contributed by atoms with Gasteiger partial charge in [-0.25, -0.2) is 4.79 Å². The molecule has 0 spiro atoms. The van der Waals surface area contributed by atoms with E-state index in [1.165, 1.54) is 12.3 Å². The van der Waals surface area contributed by atoms with Crippen LogP contribution in [0.1, 0.15) is 11.1 Å². The highest BCUT2D eigenvalue weighted by Gasteiger charge is 2.18. The van der Waals surface area contributed by atoms with E-state index in [1.54, 1.807) is 6.07 Å². The second kappa shape index (κ2) is 4.59. The Balaban J connectivity index is 2.10. The normalized spacial score (nSPS) is 13.1. The maximum atomic E-state index is 11.7. The lowest BCUT2D eigenvalue weighted by atomic mass is 10.1. The zero-order valence-electron chi connectivity index (χ0n) is 9.98. The molecule has 98 valence electrons. The fraction of sp³-hybridized carbons (Fsp3) is 0.231. The summed E-state index contributed by atoms with van der Waals surface area (Å²) >= 11 is 6.05. The van der Waals surface area contributed by atoms with Gasteiger partial charge in [0.1, 0.15) is 5.75 Å². The molecule has 6 heteroatoms. The lowest BCUT2D eigenvalue weighted by molar-refractivity contribution is 0.352. The molecule has 5 nitrogen and oxygen atoms in total. The van der Waals surface area contributed by atoms with E-state index < -0.39 is 5.69 Å². The quantitative estimate of drug-likeness (QED) is 0.897. The van der Waals surface area contributed by atoms with Gasteiger partial charge in [0.05, 0.1) is 13.2 Å². The first-order chi connectivity index (χ1) is 9.15. The summed E-state index contributed by atoms with van der Waals surface area (Å²) in [6.45, 7) is 0.751. The van der Waals surface area contributed by atoms with Gasteiger partial charge >= 0.3 is 5.69 Å². The number of fused-ring (bicyclic) bond motifs is 1. The minimum absolute atomic E-state index is 0.151. The number of nitrogens with zero attached hydrogens (tertiary/aromatic N) is 1. The second-order valence-electron chi connectivity index (χ2n) is 4.36. The number of ether oxygens (including phenoxy) is 1. The summed E-state index contributed by atoms with van der Waals surface area (Å²) < 4.78 is 6.67. The standard InChI is InChI=1S/C13H11ClN2O3/c14-10-5-8-2-4-19-12(8)9(6-10)7-16-11(17)1-3-15-13(16)18/h1,3,5-6H,2,4,7H2,(H,15,18). The van der Waals surface area contributed by atoms with Gasteiger partial charge in [0, 0.05) is 29.3 Å². The van der Waals surface area contributed by atoms with E-state index in [2.05, 4.69) is 4.98 Å². The number of nitrogens with one attached hydrogen (secondary N) is 1. The first kappa shape index (κ1) is 12.0.